The van der Waals surface area contributed by atoms with E-state index in [0.717, 1.165) is 17.3 Å². The second-order valence-corrected chi connectivity index (χ2v) is 3.04. The highest BCUT2D eigenvalue weighted by atomic mass is 15.2. The van der Waals surface area contributed by atoms with Crippen molar-refractivity contribution >= 4 is 5.95 Å². The standard InChI is InChI=1S/C10H12N4/c1-8-7-14(10(11-2)13-8)9-4-3-5-12-6-9/h3-7H,1-2H3,(H,11,13). The molecule has 2 aromatic heterocycles. The van der Waals surface area contributed by atoms with Gasteiger partial charge in [-0.15, -0.1) is 0 Å². The lowest BCUT2D eigenvalue weighted by Gasteiger charge is -2.05. The van der Waals surface area contributed by atoms with E-state index in [2.05, 4.69) is 15.3 Å². The first-order valence-corrected chi connectivity index (χ1v) is 4.45. The van der Waals surface area contributed by atoms with Gasteiger partial charge in [-0.05, 0) is 19.1 Å². The summed E-state index contributed by atoms with van der Waals surface area (Å²) in [6, 6.07) is 3.90. The van der Waals surface area contributed by atoms with Crippen LogP contribution in [0.2, 0.25) is 0 Å². The van der Waals surface area contributed by atoms with Gasteiger partial charge in [0.1, 0.15) is 0 Å². The zero-order valence-corrected chi connectivity index (χ0v) is 8.23. The van der Waals surface area contributed by atoms with Crippen LogP contribution in [0.5, 0.6) is 0 Å². The Balaban J connectivity index is 2.51. The number of hydrogen-bond acceptors (Lipinski definition) is 3. The van der Waals surface area contributed by atoms with Gasteiger partial charge < -0.3 is 5.32 Å². The molecular formula is C10H12N4. The lowest BCUT2D eigenvalue weighted by atomic mass is 10.4. The van der Waals surface area contributed by atoms with Gasteiger partial charge in [-0.3, -0.25) is 9.55 Å². The third kappa shape index (κ3) is 1.46. The summed E-state index contributed by atoms with van der Waals surface area (Å²) in [5.41, 5.74) is 2.00. The highest BCUT2D eigenvalue weighted by Crippen LogP contribution is 2.14. The molecule has 0 unspecified atom stereocenters. The quantitative estimate of drug-likeness (QED) is 0.778. The minimum atomic E-state index is 0.829. The maximum Gasteiger partial charge on any atom is 0.207 e. The number of aromatic nitrogens is 3. The summed E-state index contributed by atoms with van der Waals surface area (Å²) < 4.78 is 1.97. The second-order valence-electron chi connectivity index (χ2n) is 3.04. The zero-order valence-electron chi connectivity index (χ0n) is 8.23. The fourth-order valence-corrected chi connectivity index (χ4v) is 1.37. The molecule has 0 spiro atoms. The smallest absolute Gasteiger partial charge is 0.207 e. The van der Waals surface area contributed by atoms with E-state index >= 15 is 0 Å². The van der Waals surface area contributed by atoms with E-state index in [-0.39, 0.29) is 0 Å². The summed E-state index contributed by atoms with van der Waals surface area (Å²) in [5.74, 6) is 0.829. The number of nitrogens with zero attached hydrogens (tertiary/aromatic N) is 3. The number of hydrogen-bond donors (Lipinski definition) is 1. The van der Waals surface area contributed by atoms with Crippen molar-refractivity contribution in [1.29, 1.82) is 0 Å². The van der Waals surface area contributed by atoms with Crippen molar-refractivity contribution in [3.63, 3.8) is 0 Å². The van der Waals surface area contributed by atoms with Gasteiger partial charge in [-0.25, -0.2) is 4.98 Å². The number of rotatable bonds is 2. The molecule has 0 aliphatic carbocycles. The summed E-state index contributed by atoms with van der Waals surface area (Å²) in [5, 5.41) is 3.04. The molecule has 4 heteroatoms. The average Bonchev–Trinajstić information content (AvgIpc) is 2.61. The van der Waals surface area contributed by atoms with Crippen molar-refractivity contribution in [3.8, 4) is 5.69 Å². The molecule has 0 atom stereocenters. The van der Waals surface area contributed by atoms with Gasteiger partial charge in [0.25, 0.3) is 0 Å². The van der Waals surface area contributed by atoms with Gasteiger partial charge in [0, 0.05) is 19.4 Å². The largest absolute Gasteiger partial charge is 0.358 e. The number of imidazole rings is 1. The Bertz CT molecular complexity index is 419. The Hall–Kier alpha value is -1.84. The molecule has 1 N–H and O–H groups in total. The molecule has 72 valence electrons. The van der Waals surface area contributed by atoms with Gasteiger partial charge in [-0.1, -0.05) is 0 Å². The molecule has 0 aliphatic heterocycles. The first kappa shape index (κ1) is 8.74. The van der Waals surface area contributed by atoms with Crippen molar-refractivity contribution in [2.45, 2.75) is 6.92 Å². The van der Waals surface area contributed by atoms with E-state index in [1.807, 2.05) is 43.1 Å². The number of nitrogens with one attached hydrogen (secondary N) is 1. The monoisotopic (exact) mass is 188 g/mol. The van der Waals surface area contributed by atoms with E-state index in [1.54, 1.807) is 6.20 Å². The van der Waals surface area contributed by atoms with Gasteiger partial charge in [-0.2, -0.15) is 0 Å². The highest BCUT2D eigenvalue weighted by Gasteiger charge is 2.04. The lowest BCUT2D eigenvalue weighted by Crippen LogP contribution is -2.00. The summed E-state index contributed by atoms with van der Waals surface area (Å²) in [7, 11) is 1.86. The molecule has 2 heterocycles. The molecule has 0 saturated carbocycles. The van der Waals surface area contributed by atoms with E-state index in [0.29, 0.717) is 0 Å². The lowest BCUT2D eigenvalue weighted by molar-refractivity contribution is 1.04. The van der Waals surface area contributed by atoms with Crippen LogP contribution in [0.4, 0.5) is 5.95 Å². The Morgan fingerprint density at radius 3 is 2.93 bits per heavy atom. The van der Waals surface area contributed by atoms with Crippen LogP contribution in [0, 0.1) is 6.92 Å². The first-order chi connectivity index (χ1) is 6.81. The number of pyridine rings is 1. The molecule has 2 aromatic rings. The third-order valence-corrected chi connectivity index (χ3v) is 1.97. The van der Waals surface area contributed by atoms with E-state index in [1.165, 1.54) is 0 Å². The SMILES string of the molecule is CNc1nc(C)cn1-c1cccnc1. The maximum absolute atomic E-state index is 4.33. The minimum Gasteiger partial charge on any atom is -0.358 e. The van der Waals surface area contributed by atoms with E-state index in [9.17, 15) is 0 Å². The minimum absolute atomic E-state index is 0.829. The third-order valence-electron chi connectivity index (χ3n) is 1.97. The van der Waals surface area contributed by atoms with Crippen LogP contribution in [-0.4, -0.2) is 21.6 Å². The second kappa shape index (κ2) is 3.49. The molecule has 0 bridgehead atoms. The molecule has 0 amide bonds. The Morgan fingerprint density at radius 2 is 2.29 bits per heavy atom. The molecule has 0 saturated heterocycles. The summed E-state index contributed by atoms with van der Waals surface area (Å²) in [6.07, 6.45) is 5.54. The van der Waals surface area contributed by atoms with Gasteiger partial charge >= 0.3 is 0 Å². The molecule has 0 radical (unpaired) electrons. The van der Waals surface area contributed by atoms with Gasteiger partial charge in [0.05, 0.1) is 17.6 Å². The van der Waals surface area contributed by atoms with Crippen molar-refractivity contribution in [2.24, 2.45) is 0 Å². The predicted octanol–water partition coefficient (Wildman–Crippen LogP) is 1.62. The molecule has 14 heavy (non-hydrogen) atoms. The molecule has 0 fully saturated rings. The normalized spacial score (nSPS) is 10.1. The van der Waals surface area contributed by atoms with Crippen LogP contribution in [-0.2, 0) is 0 Å². The topological polar surface area (TPSA) is 42.7 Å². The summed E-state index contributed by atoms with van der Waals surface area (Å²) >= 11 is 0. The van der Waals surface area contributed by atoms with Crippen LogP contribution >= 0.6 is 0 Å². The highest BCUT2D eigenvalue weighted by molar-refractivity contribution is 5.40. The Labute approximate surface area is 82.6 Å². The maximum atomic E-state index is 4.33. The van der Waals surface area contributed by atoms with Crippen LogP contribution in [0.3, 0.4) is 0 Å². The van der Waals surface area contributed by atoms with E-state index in [4.69, 9.17) is 0 Å². The van der Waals surface area contributed by atoms with Gasteiger partial charge in [0.15, 0.2) is 0 Å². The fourth-order valence-electron chi connectivity index (χ4n) is 1.37. The van der Waals surface area contributed by atoms with Crippen molar-refractivity contribution in [1.82, 2.24) is 14.5 Å². The average molecular weight is 188 g/mol. The van der Waals surface area contributed by atoms with E-state index < -0.39 is 0 Å². The summed E-state index contributed by atoms with van der Waals surface area (Å²) in [6.45, 7) is 1.97. The molecule has 0 aliphatic rings. The molecule has 2 rings (SSSR count). The molecule has 4 nitrogen and oxygen atoms in total. The van der Waals surface area contributed by atoms with Crippen molar-refractivity contribution < 1.29 is 0 Å². The van der Waals surface area contributed by atoms with Crippen LogP contribution < -0.4 is 5.32 Å². The van der Waals surface area contributed by atoms with Crippen LogP contribution in [0.25, 0.3) is 5.69 Å². The number of anilines is 1. The number of aryl methyl sites for hydroxylation is 1. The van der Waals surface area contributed by atoms with Crippen molar-refractivity contribution in [3.05, 3.63) is 36.4 Å². The Kier molecular flexibility index (Phi) is 2.18. The zero-order chi connectivity index (χ0) is 9.97. The summed E-state index contributed by atoms with van der Waals surface area (Å²) in [4.78, 5) is 8.40. The fraction of sp³-hybridized carbons (Fsp3) is 0.200. The molecule has 0 aromatic carbocycles. The van der Waals surface area contributed by atoms with Gasteiger partial charge in [0.2, 0.25) is 5.95 Å². The molecular weight excluding hydrogens is 176 g/mol. The van der Waals surface area contributed by atoms with Crippen molar-refractivity contribution in [2.75, 3.05) is 12.4 Å². The van der Waals surface area contributed by atoms with Crippen LogP contribution in [0.1, 0.15) is 5.69 Å². The first-order valence-electron chi connectivity index (χ1n) is 4.45. The Morgan fingerprint density at radius 1 is 1.43 bits per heavy atom. The van der Waals surface area contributed by atoms with Crippen LogP contribution in [0.15, 0.2) is 30.7 Å². The predicted molar refractivity (Wildman–Crippen MR) is 55.6 cm³/mol.